The monoisotopic (exact) mass is 355 g/mol. The third-order valence-electron chi connectivity index (χ3n) is 2.76. The summed E-state index contributed by atoms with van der Waals surface area (Å²) in [6.07, 6.45) is 0.460. The number of nitro benzene ring substituents is 1. The van der Waals surface area contributed by atoms with Gasteiger partial charge in [0, 0.05) is 23.0 Å². The third-order valence-corrected chi connectivity index (χ3v) is 3.22. The fourth-order valence-corrected chi connectivity index (χ4v) is 2.46. The molecule has 1 rings (SSSR count). The van der Waals surface area contributed by atoms with E-state index in [1.54, 1.807) is 13.0 Å². The molecule has 0 saturated heterocycles. The number of ether oxygens (including phenoxy) is 1. The van der Waals surface area contributed by atoms with Crippen LogP contribution in [0.3, 0.4) is 0 Å². The molecule has 1 N–H and O–H groups in total. The molecule has 0 heterocycles. The van der Waals surface area contributed by atoms with Crippen molar-refractivity contribution in [2.75, 3.05) is 6.61 Å². The highest BCUT2D eigenvalue weighted by Gasteiger charge is 2.19. The maximum atomic E-state index is 11.1. The van der Waals surface area contributed by atoms with Gasteiger partial charge in [-0.3, -0.25) is 15.4 Å². The predicted octanol–water partition coefficient (Wildman–Crippen LogP) is 3.32. The highest BCUT2D eigenvalue weighted by atomic mass is 79.9. The molecular weight excluding hydrogens is 338 g/mol. The van der Waals surface area contributed by atoms with Crippen molar-refractivity contribution in [2.24, 2.45) is 0 Å². The van der Waals surface area contributed by atoms with E-state index in [0.717, 1.165) is 0 Å². The summed E-state index contributed by atoms with van der Waals surface area (Å²) < 4.78 is 6.18. The van der Waals surface area contributed by atoms with Gasteiger partial charge in [0.2, 0.25) is 0 Å². The minimum atomic E-state index is -0.471. The number of benzene rings is 1. The number of nitrogens with one attached hydrogen (secondary N) is 1. The Balaban J connectivity index is 2.76. The Hall–Kier alpha value is -1.65. The SMILES string of the molecule is Cc1cc(Br)cc([N+](=O)[O-])c1OCCC(C#N)NC(C)C. The van der Waals surface area contributed by atoms with Crippen molar-refractivity contribution in [1.29, 1.82) is 5.26 Å². The van der Waals surface area contributed by atoms with Crippen LogP contribution in [0.2, 0.25) is 0 Å². The largest absolute Gasteiger partial charge is 0.487 e. The highest BCUT2D eigenvalue weighted by Crippen LogP contribution is 2.34. The molecule has 21 heavy (non-hydrogen) atoms. The molecule has 1 aromatic carbocycles. The average molecular weight is 356 g/mol. The van der Waals surface area contributed by atoms with Gasteiger partial charge in [0.05, 0.1) is 23.6 Å². The second-order valence-corrected chi connectivity index (χ2v) is 5.88. The molecule has 0 fully saturated rings. The minimum absolute atomic E-state index is 0.0767. The summed E-state index contributed by atoms with van der Waals surface area (Å²) in [4.78, 5) is 10.6. The summed E-state index contributed by atoms with van der Waals surface area (Å²) in [5.74, 6) is 0.254. The summed E-state index contributed by atoms with van der Waals surface area (Å²) in [6.45, 7) is 5.90. The Labute approximate surface area is 132 Å². The van der Waals surface area contributed by atoms with Crippen molar-refractivity contribution in [2.45, 2.75) is 39.3 Å². The highest BCUT2D eigenvalue weighted by molar-refractivity contribution is 9.10. The van der Waals surface area contributed by atoms with Crippen molar-refractivity contribution in [3.63, 3.8) is 0 Å². The van der Waals surface area contributed by atoms with Crippen LogP contribution in [0.5, 0.6) is 5.75 Å². The van der Waals surface area contributed by atoms with E-state index < -0.39 is 4.92 Å². The summed E-state index contributed by atoms with van der Waals surface area (Å²) in [7, 11) is 0. The van der Waals surface area contributed by atoms with E-state index in [1.807, 2.05) is 13.8 Å². The molecule has 0 aromatic heterocycles. The van der Waals surface area contributed by atoms with Gasteiger partial charge < -0.3 is 4.74 Å². The van der Waals surface area contributed by atoms with Crippen LogP contribution in [0.1, 0.15) is 25.8 Å². The Kier molecular flexibility index (Phi) is 6.59. The first-order valence-corrected chi connectivity index (χ1v) is 7.37. The number of aryl methyl sites for hydroxylation is 1. The predicted molar refractivity (Wildman–Crippen MR) is 83.3 cm³/mol. The van der Waals surface area contributed by atoms with Gasteiger partial charge >= 0.3 is 5.69 Å². The molecule has 0 aliphatic heterocycles. The van der Waals surface area contributed by atoms with Crippen LogP contribution < -0.4 is 10.1 Å². The standard InChI is InChI=1S/C14H18BrN3O3/c1-9(2)17-12(8-16)4-5-21-14-10(3)6-11(15)7-13(14)18(19)20/h6-7,9,12,17H,4-5H2,1-3H3. The molecular formula is C14H18BrN3O3. The molecule has 0 amide bonds. The fourth-order valence-electron chi connectivity index (χ4n) is 1.90. The maximum Gasteiger partial charge on any atom is 0.312 e. The molecule has 7 heteroatoms. The normalized spacial score (nSPS) is 12.0. The van der Waals surface area contributed by atoms with E-state index in [1.165, 1.54) is 6.07 Å². The molecule has 0 spiro atoms. The van der Waals surface area contributed by atoms with Gasteiger partial charge in [0.15, 0.2) is 5.75 Å². The molecule has 114 valence electrons. The zero-order valence-electron chi connectivity index (χ0n) is 12.2. The molecule has 6 nitrogen and oxygen atoms in total. The van der Waals surface area contributed by atoms with Crippen LogP contribution in [-0.4, -0.2) is 23.6 Å². The number of hydrogen-bond donors (Lipinski definition) is 1. The van der Waals surface area contributed by atoms with Gasteiger partial charge in [-0.05, 0) is 32.4 Å². The average Bonchev–Trinajstić information content (AvgIpc) is 2.38. The van der Waals surface area contributed by atoms with Crippen molar-refractivity contribution in [3.8, 4) is 11.8 Å². The van der Waals surface area contributed by atoms with Gasteiger partial charge in [0.25, 0.3) is 0 Å². The second kappa shape index (κ2) is 7.96. The van der Waals surface area contributed by atoms with Crippen LogP contribution in [0.15, 0.2) is 16.6 Å². The zero-order valence-corrected chi connectivity index (χ0v) is 13.8. The number of nitro groups is 1. The first-order chi connectivity index (χ1) is 9.85. The van der Waals surface area contributed by atoms with Crippen LogP contribution in [0, 0.1) is 28.4 Å². The maximum absolute atomic E-state index is 11.1. The third kappa shape index (κ3) is 5.33. The van der Waals surface area contributed by atoms with E-state index in [9.17, 15) is 10.1 Å². The van der Waals surface area contributed by atoms with Gasteiger partial charge in [-0.15, -0.1) is 0 Å². The Bertz CT molecular complexity index is 555. The topological polar surface area (TPSA) is 88.2 Å². The van der Waals surface area contributed by atoms with Gasteiger partial charge in [-0.2, -0.15) is 5.26 Å². The lowest BCUT2D eigenvalue weighted by atomic mass is 10.2. The van der Waals surface area contributed by atoms with E-state index in [0.29, 0.717) is 16.5 Å². The summed E-state index contributed by atoms with van der Waals surface area (Å²) >= 11 is 3.23. The number of nitrogens with zero attached hydrogens (tertiary/aromatic N) is 2. The van der Waals surface area contributed by atoms with E-state index in [-0.39, 0.29) is 30.1 Å². The number of nitriles is 1. The van der Waals surface area contributed by atoms with E-state index >= 15 is 0 Å². The van der Waals surface area contributed by atoms with Crippen LogP contribution >= 0.6 is 15.9 Å². The molecule has 1 atom stereocenters. The molecule has 0 aliphatic carbocycles. The molecule has 1 aromatic rings. The minimum Gasteiger partial charge on any atom is -0.487 e. The first kappa shape index (κ1) is 17.4. The molecule has 0 saturated carbocycles. The number of rotatable bonds is 7. The molecule has 0 bridgehead atoms. The van der Waals surface area contributed by atoms with Gasteiger partial charge in [-0.25, -0.2) is 0 Å². The van der Waals surface area contributed by atoms with Crippen LogP contribution in [-0.2, 0) is 0 Å². The summed E-state index contributed by atoms with van der Waals surface area (Å²) in [5, 5.41) is 23.2. The van der Waals surface area contributed by atoms with Crippen LogP contribution in [0.4, 0.5) is 5.69 Å². The van der Waals surface area contributed by atoms with E-state index in [4.69, 9.17) is 10.00 Å². The van der Waals surface area contributed by atoms with Gasteiger partial charge in [-0.1, -0.05) is 15.9 Å². The lowest BCUT2D eigenvalue weighted by Gasteiger charge is -2.15. The van der Waals surface area contributed by atoms with Gasteiger partial charge in [0.1, 0.15) is 0 Å². The first-order valence-electron chi connectivity index (χ1n) is 6.58. The summed E-state index contributed by atoms with van der Waals surface area (Å²) in [6, 6.07) is 5.18. The zero-order chi connectivity index (χ0) is 16.0. The van der Waals surface area contributed by atoms with Crippen LogP contribution in [0.25, 0.3) is 0 Å². The fraction of sp³-hybridized carbons (Fsp3) is 0.500. The lowest BCUT2D eigenvalue weighted by Crippen LogP contribution is -2.34. The molecule has 0 radical (unpaired) electrons. The Morgan fingerprint density at radius 2 is 2.19 bits per heavy atom. The van der Waals surface area contributed by atoms with Crippen molar-refractivity contribution in [1.82, 2.24) is 5.32 Å². The smallest absolute Gasteiger partial charge is 0.312 e. The lowest BCUT2D eigenvalue weighted by molar-refractivity contribution is -0.386. The number of hydrogen-bond acceptors (Lipinski definition) is 5. The summed E-state index contributed by atoms with van der Waals surface area (Å²) in [5.41, 5.74) is 0.605. The Morgan fingerprint density at radius 1 is 1.52 bits per heavy atom. The number of halogens is 1. The van der Waals surface area contributed by atoms with Crippen molar-refractivity contribution >= 4 is 21.6 Å². The quantitative estimate of drug-likeness (QED) is 0.598. The van der Waals surface area contributed by atoms with Crippen molar-refractivity contribution < 1.29 is 9.66 Å². The van der Waals surface area contributed by atoms with E-state index in [2.05, 4.69) is 27.3 Å². The molecule has 0 aliphatic rings. The van der Waals surface area contributed by atoms with Crippen molar-refractivity contribution in [3.05, 3.63) is 32.3 Å². The second-order valence-electron chi connectivity index (χ2n) is 4.97. The molecule has 1 unspecified atom stereocenters. The Morgan fingerprint density at radius 3 is 2.71 bits per heavy atom.